The molecule has 1 atom stereocenters. The average Bonchev–Trinajstić information content (AvgIpc) is 2.38. The molecule has 5 nitrogen and oxygen atoms in total. The van der Waals surface area contributed by atoms with E-state index in [0.717, 1.165) is 11.8 Å². The number of Topliss-reactive ketones (excluding diaryl/α,β-unsaturated/α-hetero) is 1. The SMILES string of the molecule is CC(=O)c1cccc(NC(=O)CSC(C(=O)O)C(C)C)c1. The number of anilines is 1. The summed E-state index contributed by atoms with van der Waals surface area (Å²) in [6, 6.07) is 6.65. The molecule has 0 aromatic heterocycles. The molecule has 114 valence electrons. The Bertz CT molecular complexity index is 542. The fraction of sp³-hybridized carbons (Fsp3) is 0.400. The molecule has 2 N–H and O–H groups in total. The summed E-state index contributed by atoms with van der Waals surface area (Å²) in [4.78, 5) is 34.1. The predicted octanol–water partition coefficient (Wildman–Crippen LogP) is 2.67. The lowest BCUT2D eigenvalue weighted by molar-refractivity contribution is -0.137. The first kappa shape index (κ1) is 17.2. The number of nitrogens with one attached hydrogen (secondary N) is 1. The Hall–Kier alpha value is -1.82. The first-order valence-electron chi connectivity index (χ1n) is 6.56. The molecule has 0 saturated carbocycles. The number of rotatable bonds is 7. The average molecular weight is 309 g/mol. The standard InChI is InChI=1S/C15H19NO4S/c1-9(2)14(15(19)20)21-8-13(18)16-12-6-4-5-11(7-12)10(3)17/h4-7,9,14H,8H2,1-3H3,(H,16,18)(H,19,20). The molecule has 0 radical (unpaired) electrons. The van der Waals surface area contributed by atoms with E-state index < -0.39 is 11.2 Å². The van der Waals surface area contributed by atoms with Crippen LogP contribution in [0.1, 0.15) is 31.1 Å². The molecule has 1 aromatic carbocycles. The molecule has 6 heteroatoms. The maximum Gasteiger partial charge on any atom is 0.316 e. The van der Waals surface area contributed by atoms with Gasteiger partial charge in [0.05, 0.1) is 5.75 Å². The van der Waals surface area contributed by atoms with Crippen LogP contribution in [0.4, 0.5) is 5.69 Å². The Kier molecular flexibility index (Phi) is 6.42. The molecule has 0 aliphatic heterocycles. The van der Waals surface area contributed by atoms with Crippen molar-refractivity contribution in [1.82, 2.24) is 0 Å². The van der Waals surface area contributed by atoms with Crippen molar-refractivity contribution in [3.05, 3.63) is 29.8 Å². The largest absolute Gasteiger partial charge is 0.480 e. The van der Waals surface area contributed by atoms with Crippen molar-refractivity contribution in [3.63, 3.8) is 0 Å². The number of thioether (sulfide) groups is 1. The number of carbonyl (C=O) groups is 3. The molecule has 0 bridgehead atoms. The van der Waals surface area contributed by atoms with E-state index in [9.17, 15) is 14.4 Å². The van der Waals surface area contributed by atoms with Gasteiger partial charge in [0.25, 0.3) is 0 Å². The Balaban J connectivity index is 2.60. The van der Waals surface area contributed by atoms with E-state index in [1.54, 1.807) is 38.1 Å². The normalized spacial score (nSPS) is 12.0. The maximum absolute atomic E-state index is 11.8. The van der Waals surface area contributed by atoms with E-state index in [2.05, 4.69) is 5.32 Å². The van der Waals surface area contributed by atoms with Crippen molar-refractivity contribution < 1.29 is 19.5 Å². The zero-order chi connectivity index (χ0) is 16.0. The van der Waals surface area contributed by atoms with Gasteiger partial charge in [-0.3, -0.25) is 14.4 Å². The summed E-state index contributed by atoms with van der Waals surface area (Å²) in [6.07, 6.45) is 0. The minimum absolute atomic E-state index is 0.0543. The summed E-state index contributed by atoms with van der Waals surface area (Å²) in [6.45, 7) is 5.07. The second kappa shape index (κ2) is 7.83. The van der Waals surface area contributed by atoms with E-state index in [1.807, 2.05) is 0 Å². The third kappa shape index (κ3) is 5.59. The molecule has 0 heterocycles. The Morgan fingerprint density at radius 3 is 2.48 bits per heavy atom. The van der Waals surface area contributed by atoms with Crippen LogP contribution in [0.2, 0.25) is 0 Å². The highest BCUT2D eigenvalue weighted by Gasteiger charge is 2.22. The minimum atomic E-state index is -0.915. The maximum atomic E-state index is 11.8. The molecular weight excluding hydrogens is 290 g/mol. The van der Waals surface area contributed by atoms with Crippen molar-refractivity contribution in [3.8, 4) is 0 Å². The minimum Gasteiger partial charge on any atom is -0.480 e. The van der Waals surface area contributed by atoms with Crippen LogP contribution in [-0.4, -0.2) is 33.8 Å². The molecule has 0 fully saturated rings. The lowest BCUT2D eigenvalue weighted by atomic mass is 10.1. The van der Waals surface area contributed by atoms with Crippen LogP contribution in [0.15, 0.2) is 24.3 Å². The van der Waals surface area contributed by atoms with Crippen molar-refractivity contribution in [2.24, 2.45) is 5.92 Å². The lowest BCUT2D eigenvalue weighted by Crippen LogP contribution is -2.25. The molecule has 1 aromatic rings. The van der Waals surface area contributed by atoms with Gasteiger partial charge in [-0.05, 0) is 25.0 Å². The summed E-state index contributed by atoms with van der Waals surface area (Å²) in [5.74, 6) is -1.28. The van der Waals surface area contributed by atoms with Gasteiger partial charge < -0.3 is 10.4 Å². The number of hydrogen-bond acceptors (Lipinski definition) is 4. The van der Waals surface area contributed by atoms with Crippen LogP contribution < -0.4 is 5.32 Å². The lowest BCUT2D eigenvalue weighted by Gasteiger charge is -2.15. The van der Waals surface area contributed by atoms with Crippen molar-refractivity contribution >= 4 is 35.1 Å². The van der Waals surface area contributed by atoms with Gasteiger partial charge >= 0.3 is 5.97 Å². The highest BCUT2D eigenvalue weighted by atomic mass is 32.2. The van der Waals surface area contributed by atoms with Crippen LogP contribution in [-0.2, 0) is 9.59 Å². The number of carboxylic acids is 1. The second-order valence-corrected chi connectivity index (χ2v) is 6.13. The van der Waals surface area contributed by atoms with E-state index in [-0.39, 0.29) is 23.4 Å². The molecule has 21 heavy (non-hydrogen) atoms. The topological polar surface area (TPSA) is 83.5 Å². The first-order chi connectivity index (χ1) is 9.81. The number of ketones is 1. The highest BCUT2D eigenvalue weighted by molar-refractivity contribution is 8.01. The van der Waals surface area contributed by atoms with E-state index in [0.29, 0.717) is 11.3 Å². The zero-order valence-corrected chi connectivity index (χ0v) is 13.1. The molecule has 0 spiro atoms. The predicted molar refractivity (Wildman–Crippen MR) is 83.8 cm³/mol. The van der Waals surface area contributed by atoms with Crippen molar-refractivity contribution in [1.29, 1.82) is 0 Å². The quantitative estimate of drug-likeness (QED) is 0.757. The van der Waals surface area contributed by atoms with Gasteiger partial charge in [0.1, 0.15) is 5.25 Å². The Morgan fingerprint density at radius 1 is 1.29 bits per heavy atom. The fourth-order valence-electron chi connectivity index (χ4n) is 1.73. The van der Waals surface area contributed by atoms with Gasteiger partial charge in [0, 0.05) is 11.3 Å². The summed E-state index contributed by atoms with van der Waals surface area (Å²) < 4.78 is 0. The highest BCUT2D eigenvalue weighted by Crippen LogP contribution is 2.20. The summed E-state index contributed by atoms with van der Waals surface area (Å²) >= 11 is 1.10. The number of benzene rings is 1. The summed E-state index contributed by atoms with van der Waals surface area (Å²) in [7, 11) is 0. The van der Waals surface area contributed by atoms with Gasteiger partial charge in [-0.1, -0.05) is 26.0 Å². The van der Waals surface area contributed by atoms with Gasteiger partial charge in [-0.25, -0.2) is 0 Å². The molecule has 0 saturated heterocycles. The van der Waals surface area contributed by atoms with Gasteiger partial charge in [0.15, 0.2) is 5.78 Å². The van der Waals surface area contributed by atoms with Crippen molar-refractivity contribution in [2.75, 3.05) is 11.1 Å². The number of carboxylic acid groups (broad SMARTS) is 1. The molecule has 0 aliphatic rings. The zero-order valence-electron chi connectivity index (χ0n) is 12.3. The Labute approximate surface area is 128 Å². The fourth-order valence-corrected chi connectivity index (χ4v) is 2.66. The van der Waals surface area contributed by atoms with Gasteiger partial charge in [0.2, 0.25) is 5.91 Å². The molecule has 0 aliphatic carbocycles. The smallest absolute Gasteiger partial charge is 0.316 e. The van der Waals surface area contributed by atoms with E-state index >= 15 is 0 Å². The van der Waals surface area contributed by atoms with Crippen LogP contribution in [0.25, 0.3) is 0 Å². The number of amides is 1. The summed E-state index contributed by atoms with van der Waals surface area (Å²) in [5.41, 5.74) is 1.05. The van der Waals surface area contributed by atoms with Crippen LogP contribution >= 0.6 is 11.8 Å². The summed E-state index contributed by atoms with van der Waals surface area (Å²) in [5, 5.41) is 11.1. The molecule has 1 rings (SSSR count). The van der Waals surface area contributed by atoms with Gasteiger partial charge in [-0.15, -0.1) is 11.8 Å². The van der Waals surface area contributed by atoms with Gasteiger partial charge in [-0.2, -0.15) is 0 Å². The number of hydrogen-bond donors (Lipinski definition) is 2. The first-order valence-corrected chi connectivity index (χ1v) is 7.61. The molecule has 1 unspecified atom stereocenters. The van der Waals surface area contributed by atoms with Crippen LogP contribution in [0.3, 0.4) is 0 Å². The molecular formula is C15H19NO4S. The second-order valence-electron chi connectivity index (χ2n) is 5.00. The van der Waals surface area contributed by atoms with E-state index in [4.69, 9.17) is 5.11 Å². The van der Waals surface area contributed by atoms with Crippen LogP contribution in [0, 0.1) is 5.92 Å². The molecule has 1 amide bonds. The third-order valence-electron chi connectivity index (χ3n) is 2.80. The van der Waals surface area contributed by atoms with Crippen LogP contribution in [0.5, 0.6) is 0 Å². The number of carbonyl (C=O) groups excluding carboxylic acids is 2. The van der Waals surface area contributed by atoms with Crippen molar-refractivity contribution in [2.45, 2.75) is 26.0 Å². The Morgan fingerprint density at radius 2 is 1.95 bits per heavy atom. The number of aliphatic carboxylic acids is 1. The third-order valence-corrected chi connectivity index (χ3v) is 4.33. The van der Waals surface area contributed by atoms with E-state index in [1.165, 1.54) is 6.92 Å². The monoisotopic (exact) mass is 309 g/mol.